The predicted molar refractivity (Wildman–Crippen MR) is 70.9 cm³/mol. The summed E-state index contributed by atoms with van der Waals surface area (Å²) in [6, 6.07) is 4.96. The standard InChI is InChI=1S/C12H17BrN2O2/c1-7(2)9-5-8(13)3-4-11(9)17-6-10(14)12(15)16/h3-5,7,10H,6,14H2,1-2H3,(H2,15,16). The van der Waals surface area contributed by atoms with Gasteiger partial charge < -0.3 is 16.2 Å². The first-order chi connectivity index (χ1) is 7.91. The molecule has 0 saturated carbocycles. The van der Waals surface area contributed by atoms with E-state index in [9.17, 15) is 4.79 Å². The van der Waals surface area contributed by atoms with E-state index in [0.717, 1.165) is 15.8 Å². The van der Waals surface area contributed by atoms with Crippen molar-refractivity contribution in [1.29, 1.82) is 0 Å². The van der Waals surface area contributed by atoms with E-state index in [0.29, 0.717) is 5.92 Å². The largest absolute Gasteiger partial charge is 0.491 e. The highest BCUT2D eigenvalue weighted by atomic mass is 79.9. The van der Waals surface area contributed by atoms with Gasteiger partial charge in [-0.15, -0.1) is 0 Å². The lowest BCUT2D eigenvalue weighted by Crippen LogP contribution is -2.41. The molecule has 0 heterocycles. The minimum absolute atomic E-state index is 0.0939. The van der Waals surface area contributed by atoms with E-state index in [1.165, 1.54) is 0 Å². The van der Waals surface area contributed by atoms with Gasteiger partial charge in [-0.2, -0.15) is 0 Å². The quantitative estimate of drug-likeness (QED) is 0.870. The highest BCUT2D eigenvalue weighted by Crippen LogP contribution is 2.29. The molecule has 0 saturated heterocycles. The molecule has 17 heavy (non-hydrogen) atoms. The fourth-order valence-electron chi connectivity index (χ4n) is 1.36. The molecule has 0 fully saturated rings. The topological polar surface area (TPSA) is 78.3 Å². The number of carbonyl (C=O) groups excluding carboxylic acids is 1. The number of carbonyl (C=O) groups is 1. The molecule has 0 aliphatic heterocycles. The van der Waals surface area contributed by atoms with Crippen molar-refractivity contribution in [3.63, 3.8) is 0 Å². The van der Waals surface area contributed by atoms with Gasteiger partial charge in [0, 0.05) is 4.47 Å². The third-order valence-corrected chi connectivity index (χ3v) is 2.87. The third-order valence-electron chi connectivity index (χ3n) is 2.38. The van der Waals surface area contributed by atoms with Crippen LogP contribution in [0.3, 0.4) is 0 Å². The molecule has 4 N–H and O–H groups in total. The molecular weight excluding hydrogens is 284 g/mol. The fourth-order valence-corrected chi connectivity index (χ4v) is 1.74. The van der Waals surface area contributed by atoms with E-state index in [4.69, 9.17) is 16.2 Å². The molecule has 1 rings (SSSR count). The van der Waals surface area contributed by atoms with Crippen LogP contribution in [0.25, 0.3) is 0 Å². The summed E-state index contributed by atoms with van der Waals surface area (Å²) < 4.78 is 6.52. The van der Waals surface area contributed by atoms with E-state index in [1.807, 2.05) is 18.2 Å². The summed E-state index contributed by atoms with van der Waals surface area (Å²) in [7, 11) is 0. The zero-order chi connectivity index (χ0) is 13.0. The number of nitrogens with two attached hydrogens (primary N) is 2. The summed E-state index contributed by atoms with van der Waals surface area (Å²) in [4.78, 5) is 10.8. The molecule has 5 heteroatoms. The number of amides is 1. The molecule has 0 aliphatic rings. The van der Waals surface area contributed by atoms with Crippen LogP contribution >= 0.6 is 15.9 Å². The van der Waals surface area contributed by atoms with Crippen LogP contribution in [0.5, 0.6) is 5.75 Å². The molecule has 0 spiro atoms. The molecule has 1 amide bonds. The summed E-state index contributed by atoms with van der Waals surface area (Å²) in [6.45, 7) is 4.24. The highest BCUT2D eigenvalue weighted by Gasteiger charge is 2.13. The Morgan fingerprint density at radius 1 is 1.47 bits per heavy atom. The smallest absolute Gasteiger partial charge is 0.237 e. The Kier molecular flexibility index (Phi) is 4.96. The van der Waals surface area contributed by atoms with E-state index in [1.54, 1.807) is 0 Å². The minimum atomic E-state index is -0.779. The van der Waals surface area contributed by atoms with Crippen molar-refractivity contribution in [3.8, 4) is 5.75 Å². The summed E-state index contributed by atoms with van der Waals surface area (Å²) in [5, 5.41) is 0. The van der Waals surface area contributed by atoms with Crippen molar-refractivity contribution in [2.75, 3.05) is 6.61 Å². The van der Waals surface area contributed by atoms with Crippen LogP contribution in [-0.4, -0.2) is 18.6 Å². The van der Waals surface area contributed by atoms with E-state index >= 15 is 0 Å². The number of ether oxygens (including phenoxy) is 1. The lowest BCUT2D eigenvalue weighted by atomic mass is 10.0. The maximum absolute atomic E-state index is 10.8. The summed E-state index contributed by atoms with van der Waals surface area (Å²) in [5.74, 6) is 0.500. The van der Waals surface area contributed by atoms with Gasteiger partial charge in [-0.3, -0.25) is 4.79 Å². The van der Waals surface area contributed by atoms with Crippen LogP contribution in [0.15, 0.2) is 22.7 Å². The normalized spacial score (nSPS) is 12.5. The van der Waals surface area contributed by atoms with Crippen molar-refractivity contribution < 1.29 is 9.53 Å². The van der Waals surface area contributed by atoms with Crippen LogP contribution in [0.2, 0.25) is 0 Å². The zero-order valence-corrected chi connectivity index (χ0v) is 11.5. The van der Waals surface area contributed by atoms with E-state index < -0.39 is 11.9 Å². The van der Waals surface area contributed by atoms with Gasteiger partial charge in [-0.25, -0.2) is 0 Å². The molecule has 0 aromatic heterocycles. The van der Waals surface area contributed by atoms with Crippen LogP contribution in [0, 0.1) is 0 Å². The molecule has 1 aromatic rings. The van der Waals surface area contributed by atoms with Gasteiger partial charge in [-0.1, -0.05) is 29.8 Å². The summed E-state index contributed by atoms with van der Waals surface area (Å²) in [6.07, 6.45) is 0. The van der Waals surface area contributed by atoms with Gasteiger partial charge in [0.25, 0.3) is 0 Å². The van der Waals surface area contributed by atoms with Gasteiger partial charge in [-0.05, 0) is 29.7 Å². The van der Waals surface area contributed by atoms with E-state index in [2.05, 4.69) is 29.8 Å². The number of hydrogen-bond donors (Lipinski definition) is 2. The van der Waals surface area contributed by atoms with Crippen molar-refractivity contribution in [1.82, 2.24) is 0 Å². The molecule has 0 bridgehead atoms. The lowest BCUT2D eigenvalue weighted by Gasteiger charge is -2.16. The van der Waals surface area contributed by atoms with E-state index in [-0.39, 0.29) is 6.61 Å². The number of benzene rings is 1. The molecule has 1 aromatic carbocycles. The summed E-state index contributed by atoms with van der Waals surface area (Å²) in [5.41, 5.74) is 11.6. The van der Waals surface area contributed by atoms with Crippen molar-refractivity contribution >= 4 is 21.8 Å². The number of halogens is 1. The van der Waals surface area contributed by atoms with Gasteiger partial charge in [0.15, 0.2) is 0 Å². The molecule has 1 unspecified atom stereocenters. The zero-order valence-electron chi connectivity index (χ0n) is 9.94. The van der Waals surface area contributed by atoms with Gasteiger partial charge in [0.2, 0.25) is 5.91 Å². The Bertz CT molecular complexity index is 407. The second-order valence-electron chi connectivity index (χ2n) is 4.16. The molecule has 0 radical (unpaired) electrons. The van der Waals surface area contributed by atoms with Crippen LogP contribution < -0.4 is 16.2 Å². The second kappa shape index (κ2) is 6.02. The highest BCUT2D eigenvalue weighted by molar-refractivity contribution is 9.10. The number of primary amides is 1. The minimum Gasteiger partial charge on any atom is -0.491 e. The first kappa shape index (κ1) is 14.0. The monoisotopic (exact) mass is 300 g/mol. The maximum Gasteiger partial charge on any atom is 0.237 e. The molecule has 4 nitrogen and oxygen atoms in total. The SMILES string of the molecule is CC(C)c1cc(Br)ccc1OCC(N)C(N)=O. The van der Waals surface area contributed by atoms with Crippen LogP contribution in [0.4, 0.5) is 0 Å². The Labute approximate surface area is 109 Å². The Morgan fingerprint density at radius 3 is 2.65 bits per heavy atom. The maximum atomic E-state index is 10.8. The number of rotatable bonds is 5. The average molecular weight is 301 g/mol. The average Bonchev–Trinajstić information content (AvgIpc) is 2.26. The summed E-state index contributed by atoms with van der Waals surface area (Å²) >= 11 is 3.41. The first-order valence-electron chi connectivity index (χ1n) is 5.39. The van der Waals surface area contributed by atoms with Crippen molar-refractivity contribution in [3.05, 3.63) is 28.2 Å². The Hall–Kier alpha value is -1.07. The fraction of sp³-hybridized carbons (Fsp3) is 0.417. The Morgan fingerprint density at radius 2 is 2.12 bits per heavy atom. The van der Waals surface area contributed by atoms with Gasteiger partial charge in [0.1, 0.15) is 18.4 Å². The molecule has 0 aliphatic carbocycles. The van der Waals surface area contributed by atoms with Crippen LogP contribution in [-0.2, 0) is 4.79 Å². The first-order valence-corrected chi connectivity index (χ1v) is 6.18. The molecular formula is C12H17BrN2O2. The van der Waals surface area contributed by atoms with Crippen molar-refractivity contribution in [2.24, 2.45) is 11.5 Å². The van der Waals surface area contributed by atoms with Crippen LogP contribution in [0.1, 0.15) is 25.3 Å². The third kappa shape index (κ3) is 4.02. The Balaban J connectivity index is 2.80. The second-order valence-corrected chi connectivity index (χ2v) is 5.07. The van der Waals surface area contributed by atoms with Gasteiger partial charge >= 0.3 is 0 Å². The predicted octanol–water partition coefficient (Wildman–Crippen LogP) is 1.76. The lowest BCUT2D eigenvalue weighted by molar-refractivity contribution is -0.119. The van der Waals surface area contributed by atoms with Gasteiger partial charge in [0.05, 0.1) is 0 Å². The molecule has 1 atom stereocenters. The van der Waals surface area contributed by atoms with Crippen molar-refractivity contribution in [2.45, 2.75) is 25.8 Å². The molecule has 94 valence electrons. The number of hydrogen-bond acceptors (Lipinski definition) is 3.